The molecule has 0 radical (unpaired) electrons. The molecule has 4 rings (SSSR count). The normalized spacial score (nSPS) is 20.3. The zero-order chi connectivity index (χ0) is 16.6. The summed E-state index contributed by atoms with van der Waals surface area (Å²) in [5, 5.41) is 15.8. The average molecular weight is 338 g/mol. The van der Waals surface area contributed by atoms with Gasteiger partial charge in [0.2, 0.25) is 0 Å². The molecule has 1 aliphatic carbocycles. The minimum Gasteiger partial charge on any atom is -0.339 e. The maximum absolute atomic E-state index is 4.69. The summed E-state index contributed by atoms with van der Waals surface area (Å²) in [6.45, 7) is 2.17. The van der Waals surface area contributed by atoms with Crippen molar-refractivity contribution in [2.24, 2.45) is 0 Å². The van der Waals surface area contributed by atoms with Crippen LogP contribution in [-0.2, 0) is 0 Å². The first-order valence-electron chi connectivity index (χ1n) is 7.77. The quantitative estimate of drug-likeness (QED) is 0.680. The van der Waals surface area contributed by atoms with Gasteiger partial charge in [0.25, 0.3) is 0 Å². The SMILES string of the molecule is CNC1(C)C=CC(Nc2nc(-c3cccs3)nc3cn[nH]c23)=CC1. The number of nitrogens with zero attached hydrogens (tertiary/aromatic N) is 3. The Labute approximate surface area is 143 Å². The summed E-state index contributed by atoms with van der Waals surface area (Å²) in [6, 6.07) is 4.02. The van der Waals surface area contributed by atoms with Crippen molar-refractivity contribution >= 4 is 28.2 Å². The monoisotopic (exact) mass is 338 g/mol. The third kappa shape index (κ3) is 2.72. The fraction of sp³-hybridized carbons (Fsp3) is 0.235. The third-order valence-electron chi connectivity index (χ3n) is 4.25. The maximum Gasteiger partial charge on any atom is 0.172 e. The number of thiophene rings is 1. The van der Waals surface area contributed by atoms with E-state index in [-0.39, 0.29) is 5.54 Å². The van der Waals surface area contributed by atoms with Gasteiger partial charge in [0, 0.05) is 11.2 Å². The predicted molar refractivity (Wildman–Crippen MR) is 97.9 cm³/mol. The second-order valence-electron chi connectivity index (χ2n) is 5.99. The lowest BCUT2D eigenvalue weighted by Gasteiger charge is -2.27. The van der Waals surface area contributed by atoms with Crippen molar-refractivity contribution in [1.29, 1.82) is 0 Å². The summed E-state index contributed by atoms with van der Waals surface area (Å²) in [7, 11) is 1.97. The van der Waals surface area contributed by atoms with Crippen LogP contribution in [0.4, 0.5) is 5.82 Å². The number of anilines is 1. The van der Waals surface area contributed by atoms with Gasteiger partial charge >= 0.3 is 0 Å². The van der Waals surface area contributed by atoms with Gasteiger partial charge in [-0.1, -0.05) is 18.2 Å². The van der Waals surface area contributed by atoms with Gasteiger partial charge in [-0.2, -0.15) is 5.10 Å². The Bertz CT molecular complexity index is 924. The zero-order valence-electron chi connectivity index (χ0n) is 13.5. The summed E-state index contributed by atoms with van der Waals surface area (Å²) >= 11 is 1.62. The Morgan fingerprint density at radius 2 is 2.25 bits per heavy atom. The fourth-order valence-electron chi connectivity index (χ4n) is 2.59. The van der Waals surface area contributed by atoms with Crippen LogP contribution in [-0.4, -0.2) is 32.8 Å². The van der Waals surface area contributed by atoms with Crippen LogP contribution in [0.1, 0.15) is 13.3 Å². The number of H-pyrrole nitrogens is 1. The van der Waals surface area contributed by atoms with Crippen molar-refractivity contribution in [2.75, 3.05) is 12.4 Å². The van der Waals surface area contributed by atoms with Gasteiger partial charge in [-0.3, -0.25) is 5.10 Å². The first kappa shape index (κ1) is 15.0. The molecule has 1 unspecified atom stereocenters. The van der Waals surface area contributed by atoms with Crippen LogP contribution in [0.2, 0.25) is 0 Å². The molecule has 0 saturated heterocycles. The van der Waals surface area contributed by atoms with Crippen LogP contribution < -0.4 is 10.6 Å². The second kappa shape index (κ2) is 5.85. The summed E-state index contributed by atoms with van der Waals surface area (Å²) in [6.07, 6.45) is 9.06. The number of nitrogens with one attached hydrogen (secondary N) is 3. The molecular formula is C17H18N6S. The van der Waals surface area contributed by atoms with Gasteiger partial charge < -0.3 is 10.6 Å². The Morgan fingerprint density at radius 3 is 2.96 bits per heavy atom. The van der Waals surface area contributed by atoms with Gasteiger partial charge in [-0.05, 0) is 37.9 Å². The lowest BCUT2D eigenvalue weighted by atomic mass is 9.93. The molecule has 122 valence electrons. The van der Waals surface area contributed by atoms with E-state index in [1.54, 1.807) is 17.5 Å². The molecule has 0 spiro atoms. The fourth-order valence-corrected chi connectivity index (χ4v) is 3.25. The van der Waals surface area contributed by atoms with Gasteiger partial charge in [0.15, 0.2) is 11.6 Å². The van der Waals surface area contributed by atoms with E-state index in [1.165, 1.54) is 0 Å². The number of allylic oxidation sites excluding steroid dienone is 1. The molecule has 3 heterocycles. The molecular weight excluding hydrogens is 320 g/mol. The minimum absolute atomic E-state index is 0.00227. The summed E-state index contributed by atoms with van der Waals surface area (Å²) in [5.74, 6) is 1.45. The Kier molecular flexibility index (Phi) is 3.66. The van der Waals surface area contributed by atoms with Crippen LogP contribution in [0, 0.1) is 0 Å². The van der Waals surface area contributed by atoms with Gasteiger partial charge in [-0.25, -0.2) is 9.97 Å². The van der Waals surface area contributed by atoms with Crippen molar-refractivity contribution in [3.05, 3.63) is 47.6 Å². The standard InChI is InChI=1S/C17H18N6S/c1-17(18-2)7-5-11(6-8-17)20-16-14-12(10-19-23-14)21-15(22-16)13-4-3-9-24-13/h3-7,9-10,18H,8H2,1-2H3,(H,19,23)(H,20,21,22). The molecule has 3 aromatic rings. The smallest absolute Gasteiger partial charge is 0.172 e. The van der Waals surface area contributed by atoms with E-state index in [0.717, 1.165) is 33.8 Å². The van der Waals surface area contributed by atoms with Crippen molar-refractivity contribution in [3.8, 4) is 10.7 Å². The molecule has 0 aromatic carbocycles. The molecule has 0 bridgehead atoms. The molecule has 1 atom stereocenters. The van der Waals surface area contributed by atoms with Crippen LogP contribution in [0.5, 0.6) is 0 Å². The van der Waals surface area contributed by atoms with Crippen molar-refractivity contribution < 1.29 is 0 Å². The van der Waals surface area contributed by atoms with Crippen LogP contribution in [0.15, 0.2) is 47.6 Å². The van der Waals surface area contributed by atoms with E-state index in [9.17, 15) is 0 Å². The predicted octanol–water partition coefficient (Wildman–Crippen LogP) is 3.32. The molecule has 1 aliphatic rings. The molecule has 0 amide bonds. The Balaban J connectivity index is 1.69. The number of aromatic nitrogens is 4. The number of fused-ring (bicyclic) bond motifs is 1. The zero-order valence-corrected chi connectivity index (χ0v) is 14.3. The molecule has 3 N–H and O–H groups in total. The number of aromatic amines is 1. The highest BCUT2D eigenvalue weighted by Crippen LogP contribution is 2.28. The lowest BCUT2D eigenvalue weighted by Crippen LogP contribution is -2.38. The topological polar surface area (TPSA) is 78.5 Å². The number of likely N-dealkylation sites (N-methyl/N-ethyl adjacent to an activating group) is 1. The summed E-state index contributed by atoms with van der Waals surface area (Å²) < 4.78 is 0. The Hall–Kier alpha value is -2.51. The van der Waals surface area contributed by atoms with Gasteiger partial charge in [0.1, 0.15) is 11.0 Å². The van der Waals surface area contributed by atoms with E-state index in [4.69, 9.17) is 4.98 Å². The lowest BCUT2D eigenvalue weighted by molar-refractivity contribution is 0.480. The molecule has 7 heteroatoms. The molecule has 0 aliphatic heterocycles. The van der Waals surface area contributed by atoms with Crippen molar-refractivity contribution in [1.82, 2.24) is 25.5 Å². The highest BCUT2D eigenvalue weighted by atomic mass is 32.1. The van der Waals surface area contributed by atoms with E-state index in [2.05, 4.69) is 51.0 Å². The van der Waals surface area contributed by atoms with Crippen LogP contribution in [0.3, 0.4) is 0 Å². The highest BCUT2D eigenvalue weighted by molar-refractivity contribution is 7.13. The van der Waals surface area contributed by atoms with E-state index < -0.39 is 0 Å². The maximum atomic E-state index is 4.69. The molecule has 3 aromatic heterocycles. The second-order valence-corrected chi connectivity index (χ2v) is 6.94. The van der Waals surface area contributed by atoms with Gasteiger partial charge in [0.05, 0.1) is 11.1 Å². The van der Waals surface area contributed by atoms with Crippen LogP contribution >= 0.6 is 11.3 Å². The molecule has 0 saturated carbocycles. The number of hydrogen-bond acceptors (Lipinski definition) is 6. The average Bonchev–Trinajstić information content (AvgIpc) is 3.28. The summed E-state index contributed by atoms with van der Waals surface area (Å²) in [5.41, 5.74) is 2.64. The largest absolute Gasteiger partial charge is 0.339 e. The first-order valence-corrected chi connectivity index (χ1v) is 8.65. The number of hydrogen-bond donors (Lipinski definition) is 3. The van der Waals surface area contributed by atoms with Crippen LogP contribution in [0.25, 0.3) is 21.7 Å². The van der Waals surface area contributed by atoms with E-state index in [0.29, 0.717) is 5.82 Å². The van der Waals surface area contributed by atoms with Crippen molar-refractivity contribution in [3.63, 3.8) is 0 Å². The molecule has 6 nitrogen and oxygen atoms in total. The van der Waals surface area contributed by atoms with E-state index >= 15 is 0 Å². The third-order valence-corrected chi connectivity index (χ3v) is 5.12. The molecule has 24 heavy (non-hydrogen) atoms. The van der Waals surface area contributed by atoms with Gasteiger partial charge in [-0.15, -0.1) is 11.3 Å². The van der Waals surface area contributed by atoms with Crippen molar-refractivity contribution in [2.45, 2.75) is 18.9 Å². The first-order chi connectivity index (χ1) is 11.7. The Morgan fingerprint density at radius 1 is 1.33 bits per heavy atom. The highest BCUT2D eigenvalue weighted by Gasteiger charge is 2.20. The van der Waals surface area contributed by atoms with E-state index in [1.807, 2.05) is 24.6 Å². The number of rotatable bonds is 4. The molecule has 0 fully saturated rings. The summed E-state index contributed by atoms with van der Waals surface area (Å²) in [4.78, 5) is 10.3. The minimum atomic E-state index is 0.00227.